The molecule has 0 aliphatic carbocycles. The van der Waals surface area contributed by atoms with Gasteiger partial charge in [-0.3, -0.25) is 19.4 Å². The van der Waals surface area contributed by atoms with Crippen LogP contribution < -0.4 is 24.8 Å². The zero-order valence-electron chi connectivity index (χ0n) is 25.0. The molecule has 0 unspecified atom stereocenters. The van der Waals surface area contributed by atoms with E-state index in [4.69, 9.17) is 14.2 Å². The van der Waals surface area contributed by atoms with Crippen molar-refractivity contribution in [1.82, 2.24) is 20.5 Å². The second kappa shape index (κ2) is 13.0. The van der Waals surface area contributed by atoms with Crippen molar-refractivity contribution in [2.45, 2.75) is 24.9 Å². The summed E-state index contributed by atoms with van der Waals surface area (Å²) in [5.41, 5.74) is 0.592. The first-order valence-corrected chi connectivity index (χ1v) is 14.6. The lowest BCUT2D eigenvalue weighted by Crippen LogP contribution is -2.45. The van der Waals surface area contributed by atoms with Crippen molar-refractivity contribution in [3.8, 4) is 28.4 Å². The molecule has 0 saturated carbocycles. The van der Waals surface area contributed by atoms with Crippen molar-refractivity contribution >= 4 is 17.7 Å². The van der Waals surface area contributed by atoms with E-state index in [0.29, 0.717) is 33.9 Å². The van der Waals surface area contributed by atoms with E-state index in [0.717, 1.165) is 12.1 Å². The normalized spacial score (nSPS) is 18.3. The number of pyridine rings is 1. The molecule has 2 atom stereocenters. The number of likely N-dealkylation sites (tertiary alicyclic amines) is 1. The highest BCUT2D eigenvalue weighted by molar-refractivity contribution is 5.97. The molecule has 13 heteroatoms. The number of carbonyl (C=O) groups excluding carboxylic acids is 3. The van der Waals surface area contributed by atoms with Crippen molar-refractivity contribution in [3.63, 3.8) is 0 Å². The summed E-state index contributed by atoms with van der Waals surface area (Å²) in [5, 5.41) is 5.69. The molecule has 47 heavy (non-hydrogen) atoms. The number of alkyl halides is 3. The van der Waals surface area contributed by atoms with Crippen molar-refractivity contribution in [1.29, 1.82) is 0 Å². The number of benzene rings is 3. The van der Waals surface area contributed by atoms with Crippen LogP contribution in [0.15, 0.2) is 85.2 Å². The predicted octanol–water partition coefficient (Wildman–Crippen LogP) is 4.49. The van der Waals surface area contributed by atoms with E-state index < -0.39 is 41.3 Å². The highest BCUT2D eigenvalue weighted by Crippen LogP contribution is 2.34. The van der Waals surface area contributed by atoms with E-state index >= 15 is 0 Å². The topological polar surface area (TPSA) is 119 Å². The molecule has 4 aromatic rings. The van der Waals surface area contributed by atoms with Gasteiger partial charge in [-0.1, -0.05) is 24.3 Å². The predicted molar refractivity (Wildman–Crippen MR) is 163 cm³/mol. The Morgan fingerprint density at radius 2 is 1.74 bits per heavy atom. The number of hydrogen-bond acceptors (Lipinski definition) is 7. The molecular weight excluding hydrogens is 617 g/mol. The average Bonchev–Trinajstić information content (AvgIpc) is 3.47. The Kier molecular flexibility index (Phi) is 8.70. The van der Waals surface area contributed by atoms with Gasteiger partial charge >= 0.3 is 6.18 Å². The summed E-state index contributed by atoms with van der Waals surface area (Å²) in [6, 6.07) is 17.3. The van der Waals surface area contributed by atoms with Gasteiger partial charge in [-0.05, 0) is 48.0 Å². The minimum absolute atomic E-state index is 0.110. The van der Waals surface area contributed by atoms with Crippen LogP contribution in [0.5, 0.6) is 17.2 Å². The van der Waals surface area contributed by atoms with Crippen molar-refractivity contribution in [2.75, 3.05) is 26.8 Å². The zero-order valence-corrected chi connectivity index (χ0v) is 25.0. The molecule has 3 amide bonds. The van der Waals surface area contributed by atoms with Crippen LogP contribution in [-0.2, 0) is 17.5 Å². The van der Waals surface area contributed by atoms with Gasteiger partial charge in [0.25, 0.3) is 17.7 Å². The van der Waals surface area contributed by atoms with E-state index in [2.05, 4.69) is 15.6 Å². The maximum atomic E-state index is 13.8. The Labute approximate surface area is 267 Å². The maximum Gasteiger partial charge on any atom is 0.417 e. The number of amides is 3. The number of nitrogens with zero attached hydrogens (tertiary/aromatic N) is 2. The number of hydrogen-bond donors (Lipinski definition) is 2. The van der Waals surface area contributed by atoms with Gasteiger partial charge in [-0.25, -0.2) is 0 Å². The largest absolute Gasteiger partial charge is 0.496 e. The SMILES string of the molecule is COc1cc2ccc1CNC(=O)COc1cccc(c1)-c1cncc(c1)C(=O)N[C@H]1CN(C(=O)c3ccccc3C(F)(F)F)C[C@@H]1O2. The summed E-state index contributed by atoms with van der Waals surface area (Å²) in [6.07, 6.45) is -2.62. The molecule has 6 bridgehead atoms. The fourth-order valence-electron chi connectivity index (χ4n) is 5.54. The third kappa shape index (κ3) is 6.98. The van der Waals surface area contributed by atoms with Gasteiger partial charge in [0.2, 0.25) is 0 Å². The van der Waals surface area contributed by atoms with E-state index in [9.17, 15) is 27.6 Å². The summed E-state index contributed by atoms with van der Waals surface area (Å²) < 4.78 is 58.8. The van der Waals surface area contributed by atoms with Crippen molar-refractivity contribution in [2.24, 2.45) is 0 Å². The van der Waals surface area contributed by atoms with Gasteiger partial charge in [0.05, 0.1) is 36.4 Å². The number of aromatic nitrogens is 1. The van der Waals surface area contributed by atoms with E-state index in [1.54, 1.807) is 54.7 Å². The molecule has 3 aromatic carbocycles. The molecule has 242 valence electrons. The monoisotopic (exact) mass is 646 g/mol. The van der Waals surface area contributed by atoms with Crippen LogP contribution in [0.3, 0.4) is 0 Å². The molecule has 4 heterocycles. The summed E-state index contributed by atoms with van der Waals surface area (Å²) in [5.74, 6) is -0.562. The van der Waals surface area contributed by atoms with Crippen LogP contribution in [0.2, 0.25) is 0 Å². The number of fused-ring (bicyclic) bond motifs is 7. The molecule has 1 aromatic heterocycles. The number of rotatable bonds is 2. The smallest absolute Gasteiger partial charge is 0.417 e. The number of methoxy groups -OCH3 is 1. The van der Waals surface area contributed by atoms with Crippen molar-refractivity contribution in [3.05, 3.63) is 107 Å². The number of halogens is 3. The number of ether oxygens (including phenoxy) is 3. The molecule has 1 saturated heterocycles. The Morgan fingerprint density at radius 1 is 0.936 bits per heavy atom. The molecule has 10 nitrogen and oxygen atoms in total. The van der Waals surface area contributed by atoms with E-state index in [-0.39, 0.29) is 37.7 Å². The zero-order chi connectivity index (χ0) is 33.1. The van der Waals surface area contributed by atoms with Crippen LogP contribution in [0.1, 0.15) is 31.8 Å². The molecular formula is C34H29F3N4O6. The Morgan fingerprint density at radius 3 is 2.55 bits per heavy atom. The molecule has 3 aliphatic rings. The first-order chi connectivity index (χ1) is 22.6. The lowest BCUT2D eigenvalue weighted by molar-refractivity contribution is -0.138. The highest BCUT2D eigenvalue weighted by atomic mass is 19.4. The summed E-state index contributed by atoms with van der Waals surface area (Å²) in [7, 11) is 1.46. The fraction of sp³-hybridized carbons (Fsp3) is 0.235. The van der Waals surface area contributed by atoms with Crippen LogP contribution in [0.25, 0.3) is 11.1 Å². The number of carbonyl (C=O) groups is 3. The van der Waals surface area contributed by atoms with Gasteiger partial charge in [-0.15, -0.1) is 0 Å². The summed E-state index contributed by atoms with van der Waals surface area (Å²) >= 11 is 0. The Balaban J connectivity index is 1.35. The molecule has 0 spiro atoms. The molecule has 7 rings (SSSR count). The van der Waals surface area contributed by atoms with Crippen LogP contribution >= 0.6 is 0 Å². The maximum absolute atomic E-state index is 13.8. The quantitative estimate of drug-likeness (QED) is 0.330. The first kappa shape index (κ1) is 31.4. The van der Waals surface area contributed by atoms with Crippen molar-refractivity contribution < 1.29 is 41.8 Å². The second-order valence-corrected chi connectivity index (χ2v) is 11.0. The standard InChI is InChI=1S/C34H29F3N4O6/c1-45-29-13-25-10-9-21(29)16-39-31(42)19-46-24-6-4-5-20(12-24)22-11-23(15-38-14-22)32(43)40-28-17-41(18-30(28)47-25)33(44)26-7-2-3-8-27(26)34(35,36)37/h2-15,28,30H,16-19H2,1H3,(H,39,42)(H,40,43)/t28-,30-/m0/s1. The number of nitrogens with one attached hydrogen (secondary N) is 2. The van der Waals surface area contributed by atoms with Crippen LogP contribution in [0, 0.1) is 0 Å². The highest BCUT2D eigenvalue weighted by Gasteiger charge is 2.41. The Hall–Kier alpha value is -5.59. The first-order valence-electron chi connectivity index (χ1n) is 14.6. The fourth-order valence-corrected chi connectivity index (χ4v) is 5.54. The lowest BCUT2D eigenvalue weighted by atomic mass is 10.1. The molecule has 0 radical (unpaired) electrons. The third-order valence-corrected chi connectivity index (χ3v) is 7.89. The summed E-state index contributed by atoms with van der Waals surface area (Å²) in [6.45, 7) is -0.330. The minimum Gasteiger partial charge on any atom is -0.496 e. The van der Waals surface area contributed by atoms with Gasteiger partial charge in [-0.2, -0.15) is 13.2 Å². The second-order valence-electron chi connectivity index (χ2n) is 11.0. The third-order valence-electron chi connectivity index (χ3n) is 7.89. The van der Waals surface area contributed by atoms with Crippen LogP contribution in [-0.4, -0.2) is 66.6 Å². The summed E-state index contributed by atoms with van der Waals surface area (Å²) in [4.78, 5) is 45.1. The Bertz CT molecular complexity index is 1830. The van der Waals surface area contributed by atoms with Gasteiger partial charge in [0.15, 0.2) is 6.61 Å². The van der Waals surface area contributed by atoms with Gasteiger partial charge in [0.1, 0.15) is 23.4 Å². The van der Waals surface area contributed by atoms with Crippen LogP contribution in [0.4, 0.5) is 13.2 Å². The van der Waals surface area contributed by atoms with Gasteiger partial charge in [0, 0.05) is 42.7 Å². The van der Waals surface area contributed by atoms with Gasteiger partial charge < -0.3 is 29.7 Å². The van der Waals surface area contributed by atoms with E-state index in [1.807, 2.05) is 0 Å². The molecule has 3 aliphatic heterocycles. The lowest BCUT2D eigenvalue weighted by Gasteiger charge is -2.22. The average molecular weight is 647 g/mol. The molecule has 1 fully saturated rings. The minimum atomic E-state index is -4.74. The van der Waals surface area contributed by atoms with E-state index in [1.165, 1.54) is 30.3 Å². The molecule has 2 N–H and O–H groups in total.